The molecule has 0 aromatic heterocycles. The molecule has 0 spiro atoms. The van der Waals surface area contributed by atoms with Gasteiger partial charge < -0.3 is 10.1 Å². The Bertz CT molecular complexity index is 270. The SMILES string of the molecule is CC1CNCCC1(C#N)NCC1CCCO1. The van der Waals surface area contributed by atoms with E-state index in [0.717, 1.165) is 45.5 Å². The van der Waals surface area contributed by atoms with Gasteiger partial charge in [-0.3, -0.25) is 5.32 Å². The fourth-order valence-corrected chi connectivity index (χ4v) is 2.59. The minimum absolute atomic E-state index is 0.312. The van der Waals surface area contributed by atoms with E-state index in [1.54, 1.807) is 0 Å². The molecule has 0 aromatic carbocycles. The molecular formula is C12H21N3O. The van der Waals surface area contributed by atoms with Crippen LogP contribution in [0.25, 0.3) is 0 Å². The first-order chi connectivity index (χ1) is 7.77. The second-order valence-corrected chi connectivity index (χ2v) is 4.95. The van der Waals surface area contributed by atoms with Crippen LogP contribution in [0.3, 0.4) is 0 Å². The molecule has 0 aromatic rings. The monoisotopic (exact) mass is 223 g/mol. The number of hydrogen-bond acceptors (Lipinski definition) is 4. The van der Waals surface area contributed by atoms with Crippen molar-refractivity contribution in [1.82, 2.24) is 10.6 Å². The first kappa shape index (κ1) is 11.8. The fourth-order valence-electron chi connectivity index (χ4n) is 2.59. The van der Waals surface area contributed by atoms with Crippen LogP contribution in [-0.4, -0.2) is 37.9 Å². The lowest BCUT2D eigenvalue weighted by atomic mass is 9.80. The van der Waals surface area contributed by atoms with Crippen LogP contribution in [0.15, 0.2) is 0 Å². The predicted octanol–water partition coefficient (Wildman–Crippen LogP) is 0.647. The number of piperidine rings is 1. The molecule has 90 valence electrons. The lowest BCUT2D eigenvalue weighted by molar-refractivity contribution is 0.0959. The summed E-state index contributed by atoms with van der Waals surface area (Å²) >= 11 is 0. The average Bonchev–Trinajstić information content (AvgIpc) is 2.82. The largest absolute Gasteiger partial charge is 0.377 e. The summed E-state index contributed by atoms with van der Waals surface area (Å²) in [7, 11) is 0. The van der Waals surface area contributed by atoms with E-state index in [2.05, 4.69) is 23.6 Å². The molecule has 3 unspecified atom stereocenters. The molecule has 3 atom stereocenters. The van der Waals surface area contributed by atoms with Gasteiger partial charge in [0.05, 0.1) is 12.2 Å². The van der Waals surface area contributed by atoms with Crippen molar-refractivity contribution in [2.45, 2.75) is 37.8 Å². The minimum atomic E-state index is -0.350. The van der Waals surface area contributed by atoms with E-state index >= 15 is 0 Å². The van der Waals surface area contributed by atoms with Crippen molar-refractivity contribution in [3.63, 3.8) is 0 Å². The van der Waals surface area contributed by atoms with E-state index < -0.39 is 0 Å². The van der Waals surface area contributed by atoms with Gasteiger partial charge in [-0.25, -0.2) is 0 Å². The van der Waals surface area contributed by atoms with Gasteiger partial charge in [0.15, 0.2) is 0 Å². The van der Waals surface area contributed by atoms with Gasteiger partial charge in [0.1, 0.15) is 5.54 Å². The zero-order valence-electron chi connectivity index (χ0n) is 9.96. The lowest BCUT2D eigenvalue weighted by Crippen LogP contribution is -2.58. The maximum atomic E-state index is 9.40. The lowest BCUT2D eigenvalue weighted by Gasteiger charge is -2.38. The topological polar surface area (TPSA) is 57.1 Å². The Morgan fingerprint density at radius 1 is 1.62 bits per heavy atom. The molecule has 0 aliphatic carbocycles. The van der Waals surface area contributed by atoms with Crippen molar-refractivity contribution in [2.24, 2.45) is 5.92 Å². The minimum Gasteiger partial charge on any atom is -0.377 e. The van der Waals surface area contributed by atoms with Crippen LogP contribution in [0.4, 0.5) is 0 Å². The van der Waals surface area contributed by atoms with Crippen molar-refractivity contribution in [1.29, 1.82) is 5.26 Å². The van der Waals surface area contributed by atoms with E-state index in [0.29, 0.717) is 12.0 Å². The Morgan fingerprint density at radius 3 is 3.12 bits per heavy atom. The van der Waals surface area contributed by atoms with Crippen LogP contribution in [0, 0.1) is 17.2 Å². The van der Waals surface area contributed by atoms with E-state index in [-0.39, 0.29) is 5.54 Å². The molecule has 2 N–H and O–H groups in total. The van der Waals surface area contributed by atoms with Gasteiger partial charge in [0, 0.05) is 25.6 Å². The number of nitriles is 1. The quantitative estimate of drug-likeness (QED) is 0.737. The Hall–Kier alpha value is -0.630. The van der Waals surface area contributed by atoms with Gasteiger partial charge in [-0.1, -0.05) is 6.92 Å². The predicted molar refractivity (Wildman–Crippen MR) is 62.0 cm³/mol. The number of nitrogens with one attached hydrogen (secondary N) is 2. The molecule has 0 bridgehead atoms. The van der Waals surface area contributed by atoms with Crippen LogP contribution < -0.4 is 10.6 Å². The molecular weight excluding hydrogens is 202 g/mol. The van der Waals surface area contributed by atoms with Crippen molar-refractivity contribution in [3.05, 3.63) is 0 Å². The summed E-state index contributed by atoms with van der Waals surface area (Å²) in [6, 6.07) is 2.48. The highest BCUT2D eigenvalue weighted by molar-refractivity contribution is 5.12. The van der Waals surface area contributed by atoms with Gasteiger partial charge in [-0.05, 0) is 25.8 Å². The number of hydrogen-bond donors (Lipinski definition) is 2. The van der Waals surface area contributed by atoms with Crippen molar-refractivity contribution in [3.8, 4) is 6.07 Å². The molecule has 2 aliphatic heterocycles. The zero-order chi connectivity index (χ0) is 11.4. The van der Waals surface area contributed by atoms with Crippen LogP contribution in [0.5, 0.6) is 0 Å². The first-order valence-electron chi connectivity index (χ1n) is 6.25. The van der Waals surface area contributed by atoms with Crippen LogP contribution in [-0.2, 0) is 4.74 Å². The van der Waals surface area contributed by atoms with Crippen LogP contribution in [0.1, 0.15) is 26.2 Å². The summed E-state index contributed by atoms with van der Waals surface area (Å²) in [5.41, 5.74) is -0.350. The Morgan fingerprint density at radius 2 is 2.50 bits per heavy atom. The fraction of sp³-hybridized carbons (Fsp3) is 0.917. The van der Waals surface area contributed by atoms with Gasteiger partial charge in [-0.2, -0.15) is 5.26 Å². The van der Waals surface area contributed by atoms with Gasteiger partial charge in [0.25, 0.3) is 0 Å². The number of nitrogens with zero attached hydrogens (tertiary/aromatic N) is 1. The van der Waals surface area contributed by atoms with Gasteiger partial charge in [-0.15, -0.1) is 0 Å². The molecule has 4 nitrogen and oxygen atoms in total. The standard InChI is InChI=1S/C12H21N3O/c1-10-7-14-5-4-12(10,9-13)15-8-11-3-2-6-16-11/h10-11,14-15H,2-8H2,1H3. The molecule has 0 radical (unpaired) electrons. The maximum Gasteiger partial charge on any atom is 0.111 e. The summed E-state index contributed by atoms with van der Waals surface area (Å²) in [6.45, 7) is 5.68. The normalized spacial score (nSPS) is 39.5. The van der Waals surface area contributed by atoms with E-state index in [4.69, 9.17) is 4.74 Å². The highest BCUT2D eigenvalue weighted by atomic mass is 16.5. The molecule has 2 rings (SSSR count). The molecule has 4 heteroatoms. The number of ether oxygens (including phenoxy) is 1. The summed E-state index contributed by atoms with van der Waals surface area (Å²) in [4.78, 5) is 0. The average molecular weight is 223 g/mol. The van der Waals surface area contributed by atoms with Gasteiger partial charge >= 0.3 is 0 Å². The smallest absolute Gasteiger partial charge is 0.111 e. The molecule has 2 fully saturated rings. The van der Waals surface area contributed by atoms with E-state index in [9.17, 15) is 5.26 Å². The Balaban J connectivity index is 1.90. The summed E-state index contributed by atoms with van der Waals surface area (Å²) in [5.74, 6) is 0.354. The van der Waals surface area contributed by atoms with E-state index in [1.807, 2.05) is 0 Å². The third kappa shape index (κ3) is 2.37. The van der Waals surface area contributed by atoms with E-state index in [1.165, 1.54) is 0 Å². The van der Waals surface area contributed by atoms with Crippen molar-refractivity contribution >= 4 is 0 Å². The number of rotatable bonds is 3. The Labute approximate surface area is 97.3 Å². The molecule has 2 heterocycles. The summed E-state index contributed by atoms with van der Waals surface area (Å²) in [5, 5.41) is 16.2. The molecule has 16 heavy (non-hydrogen) atoms. The summed E-state index contributed by atoms with van der Waals surface area (Å²) < 4.78 is 5.58. The maximum absolute atomic E-state index is 9.40. The molecule has 0 amide bonds. The highest BCUT2D eigenvalue weighted by Crippen LogP contribution is 2.24. The first-order valence-corrected chi connectivity index (χ1v) is 6.25. The second-order valence-electron chi connectivity index (χ2n) is 4.95. The second kappa shape index (κ2) is 5.13. The van der Waals surface area contributed by atoms with Crippen molar-refractivity contribution < 1.29 is 4.74 Å². The summed E-state index contributed by atoms with van der Waals surface area (Å²) in [6.07, 6.45) is 3.48. The van der Waals surface area contributed by atoms with Crippen LogP contribution >= 0.6 is 0 Å². The van der Waals surface area contributed by atoms with Crippen molar-refractivity contribution in [2.75, 3.05) is 26.2 Å². The zero-order valence-corrected chi connectivity index (χ0v) is 9.96. The highest BCUT2D eigenvalue weighted by Gasteiger charge is 2.38. The molecule has 2 saturated heterocycles. The molecule has 2 aliphatic rings. The third-order valence-corrected chi connectivity index (χ3v) is 3.86. The van der Waals surface area contributed by atoms with Crippen LogP contribution in [0.2, 0.25) is 0 Å². The third-order valence-electron chi connectivity index (χ3n) is 3.86. The Kier molecular flexibility index (Phi) is 3.80. The molecule has 0 saturated carbocycles. The van der Waals surface area contributed by atoms with Gasteiger partial charge in [0.2, 0.25) is 0 Å².